The minimum absolute atomic E-state index is 0.143. The lowest BCUT2D eigenvalue weighted by atomic mass is 10.0. The van der Waals surface area contributed by atoms with Gasteiger partial charge in [0.25, 0.3) is 0 Å². The number of ether oxygens (including phenoxy) is 1. The Hall–Kier alpha value is -2.33. The topological polar surface area (TPSA) is 39.4 Å². The molecule has 21 heavy (non-hydrogen) atoms. The molecule has 3 aromatic rings. The van der Waals surface area contributed by atoms with Gasteiger partial charge in [0.05, 0.1) is 7.11 Å². The fraction of sp³-hybridized carbons (Fsp3) is 0.0625. The third kappa shape index (κ3) is 2.50. The summed E-state index contributed by atoms with van der Waals surface area (Å²) in [6.07, 6.45) is 0. The summed E-state index contributed by atoms with van der Waals surface area (Å²) in [6, 6.07) is 10.7. The summed E-state index contributed by atoms with van der Waals surface area (Å²) in [5, 5.41) is 1.15. The normalized spacial score (nSPS) is 10.8. The number of hydrogen-bond donors (Lipinski definition) is 0. The summed E-state index contributed by atoms with van der Waals surface area (Å²) < 4.78 is 23.9. The molecule has 0 amide bonds. The molecule has 0 aliphatic carbocycles. The molecule has 3 nitrogen and oxygen atoms in total. The minimum atomic E-state index is -0.504. The van der Waals surface area contributed by atoms with Gasteiger partial charge in [-0.15, -0.1) is 0 Å². The predicted molar refractivity (Wildman–Crippen MR) is 79.4 cm³/mol. The van der Waals surface area contributed by atoms with E-state index in [0.717, 1.165) is 0 Å². The molecule has 0 spiro atoms. The average molecular weight is 305 g/mol. The van der Waals surface area contributed by atoms with E-state index in [4.69, 9.17) is 20.8 Å². The van der Waals surface area contributed by atoms with Gasteiger partial charge < -0.3 is 9.15 Å². The van der Waals surface area contributed by atoms with Crippen molar-refractivity contribution in [1.29, 1.82) is 0 Å². The fourth-order valence-corrected chi connectivity index (χ4v) is 2.38. The highest BCUT2D eigenvalue weighted by Crippen LogP contribution is 2.31. The molecule has 0 unspecified atom stereocenters. The van der Waals surface area contributed by atoms with E-state index in [2.05, 4.69) is 0 Å². The highest BCUT2D eigenvalue weighted by molar-refractivity contribution is 6.31. The molecule has 5 heteroatoms. The second-order valence-electron chi connectivity index (χ2n) is 4.47. The van der Waals surface area contributed by atoms with Crippen molar-refractivity contribution in [2.24, 2.45) is 0 Å². The lowest BCUT2D eigenvalue weighted by Gasteiger charge is -2.08. The van der Waals surface area contributed by atoms with Crippen LogP contribution >= 0.6 is 11.6 Å². The molecule has 0 N–H and O–H groups in total. The summed E-state index contributed by atoms with van der Waals surface area (Å²) in [5.74, 6) is -0.359. The van der Waals surface area contributed by atoms with Gasteiger partial charge in [-0.1, -0.05) is 17.7 Å². The molecule has 0 aliphatic heterocycles. The maximum atomic E-state index is 13.9. The molecule has 0 saturated heterocycles. The molecule has 1 aromatic heterocycles. The molecule has 106 valence electrons. The number of hydrogen-bond acceptors (Lipinski definition) is 3. The highest BCUT2D eigenvalue weighted by atomic mass is 35.5. The van der Waals surface area contributed by atoms with Gasteiger partial charge in [-0.3, -0.25) is 0 Å². The first kappa shape index (κ1) is 13.6. The molecule has 0 aliphatic rings. The Labute approximate surface area is 124 Å². The van der Waals surface area contributed by atoms with Gasteiger partial charge in [0.15, 0.2) is 11.6 Å². The summed E-state index contributed by atoms with van der Waals surface area (Å²) in [6.45, 7) is 0. The van der Waals surface area contributed by atoms with Crippen LogP contribution in [0.1, 0.15) is 0 Å². The Balaban J connectivity index is 2.31. The molecule has 1 heterocycles. The molecule has 0 atom stereocenters. The molecule has 2 aromatic carbocycles. The van der Waals surface area contributed by atoms with Crippen molar-refractivity contribution in [1.82, 2.24) is 0 Å². The fourth-order valence-electron chi connectivity index (χ4n) is 2.21. The molecular weight excluding hydrogens is 295 g/mol. The Morgan fingerprint density at radius 2 is 1.95 bits per heavy atom. The molecule has 0 saturated carbocycles. The second kappa shape index (κ2) is 5.22. The average Bonchev–Trinajstić information content (AvgIpc) is 2.47. The largest absolute Gasteiger partial charge is 0.494 e. The van der Waals surface area contributed by atoms with E-state index in [-0.39, 0.29) is 5.75 Å². The quantitative estimate of drug-likeness (QED) is 0.664. The maximum absolute atomic E-state index is 13.9. The van der Waals surface area contributed by atoms with Crippen molar-refractivity contribution >= 4 is 22.6 Å². The molecule has 0 bridgehead atoms. The van der Waals surface area contributed by atoms with Crippen molar-refractivity contribution < 1.29 is 13.5 Å². The van der Waals surface area contributed by atoms with Gasteiger partial charge in [0.2, 0.25) is 0 Å². The number of methoxy groups -OCH3 is 1. The lowest BCUT2D eigenvalue weighted by Crippen LogP contribution is -1.98. The maximum Gasteiger partial charge on any atom is 0.336 e. The van der Waals surface area contributed by atoms with Gasteiger partial charge in [-0.25, -0.2) is 9.18 Å². The van der Waals surface area contributed by atoms with Crippen LogP contribution in [0.3, 0.4) is 0 Å². The van der Waals surface area contributed by atoms with Crippen LogP contribution in [-0.2, 0) is 0 Å². The van der Waals surface area contributed by atoms with Crippen molar-refractivity contribution in [3.63, 3.8) is 0 Å². The third-order valence-electron chi connectivity index (χ3n) is 3.17. The van der Waals surface area contributed by atoms with Crippen molar-refractivity contribution in [2.45, 2.75) is 0 Å². The monoisotopic (exact) mass is 304 g/mol. The zero-order valence-corrected chi connectivity index (χ0v) is 11.8. The van der Waals surface area contributed by atoms with Crippen LogP contribution < -0.4 is 10.4 Å². The van der Waals surface area contributed by atoms with Crippen molar-refractivity contribution in [3.05, 3.63) is 63.7 Å². The first-order valence-electron chi connectivity index (χ1n) is 6.16. The Kier molecular flexibility index (Phi) is 3.39. The van der Waals surface area contributed by atoms with Crippen molar-refractivity contribution in [3.8, 4) is 16.9 Å². The zero-order valence-electron chi connectivity index (χ0n) is 11.0. The molecule has 3 rings (SSSR count). The van der Waals surface area contributed by atoms with Crippen LogP contribution in [0.25, 0.3) is 22.1 Å². The van der Waals surface area contributed by atoms with Gasteiger partial charge in [0, 0.05) is 16.5 Å². The standard InChI is InChI=1S/C16H10ClFO3/c1-20-15-4-2-9(6-13(15)18)11-8-16(19)21-14-5-3-10(17)7-12(11)14/h2-8H,1H3. The van der Waals surface area contributed by atoms with E-state index in [1.54, 1.807) is 24.3 Å². The van der Waals surface area contributed by atoms with E-state index in [1.807, 2.05) is 0 Å². The Morgan fingerprint density at radius 1 is 1.14 bits per heavy atom. The Bertz CT molecular complexity index is 886. The van der Waals surface area contributed by atoms with E-state index < -0.39 is 11.4 Å². The highest BCUT2D eigenvalue weighted by Gasteiger charge is 2.11. The summed E-state index contributed by atoms with van der Waals surface area (Å²) in [4.78, 5) is 11.7. The first-order valence-corrected chi connectivity index (χ1v) is 6.53. The smallest absolute Gasteiger partial charge is 0.336 e. The van der Waals surface area contributed by atoms with E-state index in [0.29, 0.717) is 27.1 Å². The number of fused-ring (bicyclic) bond motifs is 1. The van der Waals surface area contributed by atoms with Gasteiger partial charge in [0.1, 0.15) is 5.58 Å². The number of halogens is 2. The van der Waals surface area contributed by atoms with Crippen LogP contribution in [-0.4, -0.2) is 7.11 Å². The van der Waals surface area contributed by atoms with E-state index in [1.165, 1.54) is 25.3 Å². The van der Waals surface area contributed by atoms with Crippen molar-refractivity contribution in [2.75, 3.05) is 7.11 Å². The predicted octanol–water partition coefficient (Wildman–Crippen LogP) is 4.26. The minimum Gasteiger partial charge on any atom is -0.494 e. The first-order chi connectivity index (χ1) is 10.1. The van der Waals surface area contributed by atoms with Crippen LogP contribution in [0.15, 0.2) is 51.7 Å². The van der Waals surface area contributed by atoms with Gasteiger partial charge in [-0.05, 0) is 41.5 Å². The molecular formula is C16H10ClFO3. The van der Waals surface area contributed by atoms with E-state index in [9.17, 15) is 9.18 Å². The third-order valence-corrected chi connectivity index (χ3v) is 3.40. The summed E-state index contributed by atoms with van der Waals surface area (Å²) >= 11 is 5.98. The summed E-state index contributed by atoms with van der Waals surface area (Å²) in [7, 11) is 1.39. The second-order valence-corrected chi connectivity index (χ2v) is 4.91. The lowest BCUT2D eigenvalue weighted by molar-refractivity contribution is 0.386. The summed E-state index contributed by atoms with van der Waals surface area (Å²) in [5.41, 5.74) is 1.01. The number of rotatable bonds is 2. The van der Waals surface area contributed by atoms with Crippen LogP contribution in [0.2, 0.25) is 5.02 Å². The van der Waals surface area contributed by atoms with Gasteiger partial charge >= 0.3 is 5.63 Å². The molecule has 0 radical (unpaired) electrons. The molecule has 0 fully saturated rings. The Morgan fingerprint density at radius 3 is 2.67 bits per heavy atom. The van der Waals surface area contributed by atoms with Crippen LogP contribution in [0, 0.1) is 5.82 Å². The van der Waals surface area contributed by atoms with E-state index >= 15 is 0 Å². The van der Waals surface area contributed by atoms with Gasteiger partial charge in [-0.2, -0.15) is 0 Å². The van der Waals surface area contributed by atoms with Crippen LogP contribution in [0.4, 0.5) is 4.39 Å². The van der Waals surface area contributed by atoms with Crippen LogP contribution in [0.5, 0.6) is 5.75 Å². The zero-order chi connectivity index (χ0) is 15.0. The number of benzene rings is 2. The SMILES string of the molecule is COc1ccc(-c2cc(=O)oc3ccc(Cl)cc23)cc1F.